The summed E-state index contributed by atoms with van der Waals surface area (Å²) in [5, 5.41) is 6.54. The van der Waals surface area contributed by atoms with Crippen molar-refractivity contribution in [1.82, 2.24) is 5.32 Å². The molecule has 0 bridgehead atoms. The van der Waals surface area contributed by atoms with Crippen molar-refractivity contribution < 1.29 is 4.79 Å². The minimum Gasteiger partial charge on any atom is -0.324 e. The van der Waals surface area contributed by atoms with Crippen LogP contribution in [-0.2, 0) is 4.79 Å². The molecule has 0 spiro atoms. The molecule has 0 saturated carbocycles. The Morgan fingerprint density at radius 3 is 2.57 bits per heavy atom. The SMILES string of the molecule is CC(C)CCCCCCNCC(=O)Nc1ccccc1Cl. The fourth-order valence-corrected chi connectivity index (χ4v) is 2.30. The molecule has 0 unspecified atom stereocenters. The van der Waals surface area contributed by atoms with E-state index in [2.05, 4.69) is 24.5 Å². The van der Waals surface area contributed by atoms with E-state index in [1.54, 1.807) is 12.1 Å². The number of unbranched alkanes of at least 4 members (excludes halogenated alkanes) is 3. The van der Waals surface area contributed by atoms with Gasteiger partial charge in [0.25, 0.3) is 0 Å². The van der Waals surface area contributed by atoms with Crippen molar-refractivity contribution in [3.05, 3.63) is 29.3 Å². The Balaban J connectivity index is 2.03. The molecule has 0 heterocycles. The number of hydrogen-bond acceptors (Lipinski definition) is 2. The zero-order valence-electron chi connectivity index (χ0n) is 13.1. The predicted octanol–water partition coefficient (Wildman–Crippen LogP) is 4.47. The van der Waals surface area contributed by atoms with Crippen LogP contribution in [-0.4, -0.2) is 19.0 Å². The zero-order valence-corrected chi connectivity index (χ0v) is 13.9. The van der Waals surface area contributed by atoms with E-state index < -0.39 is 0 Å². The Kier molecular flexibility index (Phi) is 9.11. The predicted molar refractivity (Wildman–Crippen MR) is 90.9 cm³/mol. The molecular weight excluding hydrogens is 284 g/mol. The van der Waals surface area contributed by atoms with Gasteiger partial charge in [0.1, 0.15) is 0 Å². The summed E-state index contributed by atoms with van der Waals surface area (Å²) in [5.74, 6) is 0.750. The first-order valence-corrected chi connectivity index (χ1v) is 8.22. The van der Waals surface area contributed by atoms with E-state index in [-0.39, 0.29) is 5.91 Å². The average molecular weight is 311 g/mol. The molecule has 3 nitrogen and oxygen atoms in total. The lowest BCUT2D eigenvalue weighted by Crippen LogP contribution is -2.28. The summed E-state index contributed by atoms with van der Waals surface area (Å²) in [6, 6.07) is 7.26. The van der Waals surface area contributed by atoms with Gasteiger partial charge in [-0.1, -0.05) is 63.3 Å². The standard InChI is InChI=1S/C17H27ClN2O/c1-14(2)9-5-3-4-8-12-19-13-17(21)20-16-11-7-6-10-15(16)18/h6-7,10-11,14,19H,3-5,8-9,12-13H2,1-2H3,(H,20,21). The summed E-state index contributed by atoms with van der Waals surface area (Å²) >= 11 is 5.99. The minimum atomic E-state index is -0.0529. The number of rotatable bonds is 10. The number of anilines is 1. The van der Waals surface area contributed by atoms with E-state index in [1.165, 1.54) is 25.7 Å². The molecule has 1 aromatic rings. The van der Waals surface area contributed by atoms with E-state index in [0.717, 1.165) is 18.9 Å². The summed E-state index contributed by atoms with van der Waals surface area (Å²) in [6.45, 7) is 5.74. The van der Waals surface area contributed by atoms with Gasteiger partial charge in [-0.25, -0.2) is 0 Å². The maximum Gasteiger partial charge on any atom is 0.238 e. The zero-order chi connectivity index (χ0) is 15.5. The molecular formula is C17H27ClN2O. The van der Waals surface area contributed by atoms with Crippen LogP contribution in [0, 0.1) is 5.92 Å². The van der Waals surface area contributed by atoms with E-state index in [9.17, 15) is 4.79 Å². The summed E-state index contributed by atoms with van der Waals surface area (Å²) in [7, 11) is 0. The molecule has 0 atom stereocenters. The molecule has 1 amide bonds. The van der Waals surface area contributed by atoms with E-state index >= 15 is 0 Å². The van der Waals surface area contributed by atoms with E-state index in [1.807, 2.05) is 12.1 Å². The van der Waals surface area contributed by atoms with Gasteiger partial charge in [-0.3, -0.25) is 4.79 Å². The highest BCUT2D eigenvalue weighted by atomic mass is 35.5. The average Bonchev–Trinajstić information content (AvgIpc) is 2.44. The van der Waals surface area contributed by atoms with Crippen molar-refractivity contribution >= 4 is 23.2 Å². The second-order valence-corrected chi connectivity index (χ2v) is 6.21. The number of nitrogens with one attached hydrogen (secondary N) is 2. The number of carbonyl (C=O) groups excluding carboxylic acids is 1. The van der Waals surface area contributed by atoms with E-state index in [4.69, 9.17) is 11.6 Å². The quantitative estimate of drug-likeness (QED) is 0.626. The Labute approximate surface area is 133 Å². The summed E-state index contributed by atoms with van der Waals surface area (Å²) < 4.78 is 0. The molecule has 0 aromatic heterocycles. The lowest BCUT2D eigenvalue weighted by atomic mass is 10.0. The Hall–Kier alpha value is -1.06. The van der Waals surface area contributed by atoms with Crippen LogP contribution in [0.4, 0.5) is 5.69 Å². The maximum atomic E-state index is 11.7. The second-order valence-electron chi connectivity index (χ2n) is 5.80. The molecule has 0 fully saturated rings. The van der Waals surface area contributed by atoms with Crippen LogP contribution in [0.15, 0.2) is 24.3 Å². The van der Waals surface area contributed by atoms with Crippen LogP contribution < -0.4 is 10.6 Å². The Bertz CT molecular complexity index is 421. The van der Waals surface area contributed by atoms with Gasteiger partial charge >= 0.3 is 0 Å². The normalized spacial score (nSPS) is 10.9. The molecule has 0 aliphatic carbocycles. The van der Waals surface area contributed by atoms with Gasteiger partial charge in [0, 0.05) is 0 Å². The highest BCUT2D eigenvalue weighted by Crippen LogP contribution is 2.19. The summed E-state index contributed by atoms with van der Waals surface area (Å²) in [6.07, 6.45) is 6.26. The molecule has 2 N–H and O–H groups in total. The number of hydrogen-bond donors (Lipinski definition) is 2. The van der Waals surface area contributed by atoms with Crippen LogP contribution in [0.5, 0.6) is 0 Å². The van der Waals surface area contributed by atoms with Crippen molar-refractivity contribution in [3.8, 4) is 0 Å². The van der Waals surface area contributed by atoms with Gasteiger partial charge < -0.3 is 10.6 Å². The van der Waals surface area contributed by atoms with Crippen LogP contribution in [0.2, 0.25) is 5.02 Å². The lowest BCUT2D eigenvalue weighted by Gasteiger charge is -2.08. The molecule has 118 valence electrons. The van der Waals surface area contributed by atoms with Gasteiger partial charge in [-0.15, -0.1) is 0 Å². The van der Waals surface area contributed by atoms with Gasteiger partial charge in [0.2, 0.25) is 5.91 Å². The summed E-state index contributed by atoms with van der Waals surface area (Å²) in [4.78, 5) is 11.7. The number of halogens is 1. The Morgan fingerprint density at radius 2 is 1.86 bits per heavy atom. The largest absolute Gasteiger partial charge is 0.324 e. The third-order valence-electron chi connectivity index (χ3n) is 3.32. The fraction of sp³-hybridized carbons (Fsp3) is 0.588. The van der Waals surface area contributed by atoms with Crippen molar-refractivity contribution in [3.63, 3.8) is 0 Å². The van der Waals surface area contributed by atoms with E-state index in [0.29, 0.717) is 17.3 Å². The second kappa shape index (κ2) is 10.6. The first-order valence-electron chi connectivity index (χ1n) is 7.84. The first-order chi connectivity index (χ1) is 10.1. The van der Waals surface area contributed by atoms with Crippen LogP contribution in [0.3, 0.4) is 0 Å². The van der Waals surface area contributed by atoms with Crippen molar-refractivity contribution in [1.29, 1.82) is 0 Å². The minimum absolute atomic E-state index is 0.0529. The molecule has 21 heavy (non-hydrogen) atoms. The third-order valence-corrected chi connectivity index (χ3v) is 3.65. The Morgan fingerprint density at radius 1 is 1.14 bits per heavy atom. The smallest absolute Gasteiger partial charge is 0.238 e. The topological polar surface area (TPSA) is 41.1 Å². The monoisotopic (exact) mass is 310 g/mol. The van der Waals surface area contributed by atoms with Gasteiger partial charge in [0.15, 0.2) is 0 Å². The molecule has 1 rings (SSSR count). The highest BCUT2D eigenvalue weighted by molar-refractivity contribution is 6.33. The van der Waals surface area contributed by atoms with Crippen LogP contribution in [0.1, 0.15) is 46.0 Å². The molecule has 0 aliphatic rings. The highest BCUT2D eigenvalue weighted by Gasteiger charge is 2.04. The molecule has 1 aromatic carbocycles. The van der Waals surface area contributed by atoms with Crippen LogP contribution >= 0.6 is 11.6 Å². The molecule has 0 radical (unpaired) electrons. The first kappa shape index (κ1) is 18.0. The number of para-hydroxylation sites is 1. The van der Waals surface area contributed by atoms with Crippen LogP contribution in [0.25, 0.3) is 0 Å². The fourth-order valence-electron chi connectivity index (χ4n) is 2.12. The molecule has 0 saturated heterocycles. The van der Waals surface area contributed by atoms with Crippen molar-refractivity contribution in [2.75, 3.05) is 18.4 Å². The maximum absolute atomic E-state index is 11.7. The lowest BCUT2D eigenvalue weighted by molar-refractivity contribution is -0.115. The number of amides is 1. The number of carbonyl (C=O) groups is 1. The third kappa shape index (κ3) is 8.74. The summed E-state index contributed by atoms with van der Waals surface area (Å²) in [5.41, 5.74) is 0.666. The molecule has 0 aliphatic heterocycles. The van der Waals surface area contributed by atoms with Crippen molar-refractivity contribution in [2.24, 2.45) is 5.92 Å². The van der Waals surface area contributed by atoms with Gasteiger partial charge in [-0.05, 0) is 31.0 Å². The van der Waals surface area contributed by atoms with Gasteiger partial charge in [-0.2, -0.15) is 0 Å². The van der Waals surface area contributed by atoms with Gasteiger partial charge in [0.05, 0.1) is 17.3 Å². The number of benzene rings is 1. The van der Waals surface area contributed by atoms with Crippen molar-refractivity contribution in [2.45, 2.75) is 46.0 Å². The molecule has 4 heteroatoms.